The van der Waals surface area contributed by atoms with Crippen LogP contribution in [0.3, 0.4) is 0 Å². The summed E-state index contributed by atoms with van der Waals surface area (Å²) >= 11 is 1.18. The van der Waals surface area contributed by atoms with Crippen molar-refractivity contribution in [3.63, 3.8) is 0 Å². The van der Waals surface area contributed by atoms with Gasteiger partial charge in [-0.2, -0.15) is 0 Å². The summed E-state index contributed by atoms with van der Waals surface area (Å²) in [5.74, 6) is -1.01. The van der Waals surface area contributed by atoms with Crippen LogP contribution in [0.2, 0.25) is 0 Å². The SMILES string of the molecule is O=C(O)c1ccnc(Sc2n[nH]c(=O)n2C2CC2)c1. The van der Waals surface area contributed by atoms with E-state index in [0.717, 1.165) is 12.8 Å². The maximum absolute atomic E-state index is 11.6. The normalized spacial score (nSPS) is 14.5. The van der Waals surface area contributed by atoms with Crippen molar-refractivity contribution in [2.75, 3.05) is 0 Å². The van der Waals surface area contributed by atoms with Crippen LogP contribution in [0, 0.1) is 0 Å². The van der Waals surface area contributed by atoms with Gasteiger partial charge in [0, 0.05) is 12.2 Å². The van der Waals surface area contributed by atoms with Gasteiger partial charge in [-0.25, -0.2) is 19.7 Å². The number of aromatic nitrogens is 4. The highest BCUT2D eigenvalue weighted by Crippen LogP contribution is 2.37. The Bertz CT molecular complexity index is 689. The molecule has 2 N–H and O–H groups in total. The van der Waals surface area contributed by atoms with Gasteiger partial charge in [-0.05, 0) is 36.7 Å². The highest BCUT2D eigenvalue weighted by atomic mass is 32.2. The summed E-state index contributed by atoms with van der Waals surface area (Å²) in [5, 5.41) is 16.3. The molecule has 2 aromatic rings. The minimum absolute atomic E-state index is 0.161. The Morgan fingerprint density at radius 2 is 2.32 bits per heavy atom. The Labute approximate surface area is 111 Å². The molecule has 8 heteroatoms. The second-order valence-electron chi connectivity index (χ2n) is 4.20. The van der Waals surface area contributed by atoms with E-state index in [1.165, 1.54) is 30.1 Å². The highest BCUT2D eigenvalue weighted by molar-refractivity contribution is 7.99. The van der Waals surface area contributed by atoms with Gasteiger partial charge in [0.15, 0.2) is 5.16 Å². The van der Waals surface area contributed by atoms with E-state index >= 15 is 0 Å². The average Bonchev–Trinajstić information content (AvgIpc) is 3.15. The lowest BCUT2D eigenvalue weighted by molar-refractivity contribution is 0.0696. The van der Waals surface area contributed by atoms with E-state index in [4.69, 9.17) is 5.11 Å². The monoisotopic (exact) mass is 278 g/mol. The summed E-state index contributed by atoms with van der Waals surface area (Å²) in [6.45, 7) is 0. The minimum atomic E-state index is -1.01. The molecule has 7 nitrogen and oxygen atoms in total. The molecule has 0 bridgehead atoms. The van der Waals surface area contributed by atoms with Gasteiger partial charge in [0.25, 0.3) is 0 Å². The van der Waals surface area contributed by atoms with E-state index in [0.29, 0.717) is 10.2 Å². The van der Waals surface area contributed by atoms with Gasteiger partial charge in [-0.1, -0.05) is 0 Å². The smallest absolute Gasteiger partial charge is 0.344 e. The maximum Gasteiger partial charge on any atom is 0.344 e. The van der Waals surface area contributed by atoms with Crippen LogP contribution in [-0.2, 0) is 0 Å². The molecule has 0 radical (unpaired) electrons. The van der Waals surface area contributed by atoms with Gasteiger partial charge >= 0.3 is 11.7 Å². The van der Waals surface area contributed by atoms with E-state index in [1.807, 2.05) is 0 Å². The zero-order chi connectivity index (χ0) is 13.4. The van der Waals surface area contributed by atoms with Crippen molar-refractivity contribution >= 4 is 17.7 Å². The van der Waals surface area contributed by atoms with Crippen molar-refractivity contribution in [1.82, 2.24) is 19.7 Å². The number of pyridine rings is 1. The number of nitrogens with one attached hydrogen (secondary N) is 1. The molecule has 0 aliphatic heterocycles. The Balaban J connectivity index is 1.91. The van der Waals surface area contributed by atoms with Gasteiger partial charge < -0.3 is 5.11 Å². The first kappa shape index (κ1) is 12.0. The van der Waals surface area contributed by atoms with E-state index in [9.17, 15) is 9.59 Å². The van der Waals surface area contributed by atoms with Gasteiger partial charge in [0.1, 0.15) is 5.03 Å². The Morgan fingerprint density at radius 1 is 1.53 bits per heavy atom. The second-order valence-corrected chi connectivity index (χ2v) is 5.19. The molecule has 0 aromatic carbocycles. The topological polar surface area (TPSA) is 101 Å². The molecular weight excluding hydrogens is 268 g/mol. The van der Waals surface area contributed by atoms with Gasteiger partial charge in [0.2, 0.25) is 0 Å². The number of aromatic amines is 1. The number of nitrogens with zero attached hydrogens (tertiary/aromatic N) is 3. The van der Waals surface area contributed by atoms with Crippen LogP contribution in [0.5, 0.6) is 0 Å². The van der Waals surface area contributed by atoms with Crippen molar-refractivity contribution in [2.24, 2.45) is 0 Å². The van der Waals surface area contributed by atoms with Crippen molar-refractivity contribution in [1.29, 1.82) is 0 Å². The first-order valence-electron chi connectivity index (χ1n) is 5.69. The van der Waals surface area contributed by atoms with Crippen LogP contribution < -0.4 is 5.69 Å². The van der Waals surface area contributed by atoms with Crippen LogP contribution in [0.1, 0.15) is 29.2 Å². The molecule has 2 heterocycles. The maximum atomic E-state index is 11.6. The first-order valence-corrected chi connectivity index (χ1v) is 6.51. The molecule has 1 aliphatic rings. The molecule has 19 heavy (non-hydrogen) atoms. The molecule has 3 rings (SSSR count). The molecule has 0 atom stereocenters. The van der Waals surface area contributed by atoms with Crippen molar-refractivity contribution in [3.05, 3.63) is 34.4 Å². The van der Waals surface area contributed by atoms with Crippen LogP contribution in [0.4, 0.5) is 0 Å². The Morgan fingerprint density at radius 3 is 3.00 bits per heavy atom. The van der Waals surface area contributed by atoms with Crippen LogP contribution in [-0.4, -0.2) is 30.8 Å². The molecule has 0 unspecified atom stereocenters. The van der Waals surface area contributed by atoms with Crippen molar-refractivity contribution in [3.8, 4) is 0 Å². The largest absolute Gasteiger partial charge is 0.478 e. The second kappa shape index (κ2) is 4.54. The summed E-state index contributed by atoms with van der Waals surface area (Å²) in [7, 11) is 0. The number of rotatable bonds is 4. The number of H-pyrrole nitrogens is 1. The molecule has 0 amide bonds. The van der Waals surface area contributed by atoms with Gasteiger partial charge in [0.05, 0.1) is 5.56 Å². The lowest BCUT2D eigenvalue weighted by atomic mass is 10.3. The molecule has 2 aromatic heterocycles. The average molecular weight is 278 g/mol. The number of carboxylic acid groups (broad SMARTS) is 1. The predicted molar refractivity (Wildman–Crippen MR) is 66.4 cm³/mol. The third kappa shape index (κ3) is 2.39. The van der Waals surface area contributed by atoms with Gasteiger partial charge in [-0.15, -0.1) is 5.10 Å². The Hall–Kier alpha value is -2.09. The molecule has 0 spiro atoms. The number of hydrogen-bond donors (Lipinski definition) is 2. The standard InChI is InChI=1S/C11H10N4O3S/c16-9(17)6-3-4-12-8(5-6)19-11-14-13-10(18)15(11)7-1-2-7/h3-5,7H,1-2H2,(H,13,18)(H,16,17). The van der Waals surface area contributed by atoms with Crippen LogP contribution in [0.15, 0.2) is 33.3 Å². The Kier molecular flexibility index (Phi) is 2.86. The fourth-order valence-corrected chi connectivity index (χ4v) is 2.62. The lowest BCUT2D eigenvalue weighted by Crippen LogP contribution is -2.16. The fraction of sp³-hybridized carbons (Fsp3) is 0.273. The van der Waals surface area contributed by atoms with E-state index in [1.54, 1.807) is 4.57 Å². The van der Waals surface area contributed by atoms with Crippen LogP contribution >= 0.6 is 11.8 Å². The first-order chi connectivity index (χ1) is 9.15. The minimum Gasteiger partial charge on any atom is -0.478 e. The molecule has 98 valence electrons. The fourth-order valence-electron chi connectivity index (χ4n) is 1.71. The summed E-state index contributed by atoms with van der Waals surface area (Å²) in [6.07, 6.45) is 3.36. The van der Waals surface area contributed by atoms with Crippen molar-refractivity contribution < 1.29 is 9.90 Å². The summed E-state index contributed by atoms with van der Waals surface area (Å²) < 4.78 is 1.60. The quantitative estimate of drug-likeness (QED) is 0.870. The van der Waals surface area contributed by atoms with Crippen LogP contribution in [0.25, 0.3) is 0 Å². The number of hydrogen-bond acceptors (Lipinski definition) is 5. The number of carboxylic acids is 1. The molecule has 1 saturated carbocycles. The zero-order valence-corrected chi connectivity index (χ0v) is 10.6. The van der Waals surface area contributed by atoms with E-state index in [-0.39, 0.29) is 17.3 Å². The number of aromatic carboxylic acids is 1. The predicted octanol–water partition coefficient (Wildman–Crippen LogP) is 1.15. The zero-order valence-electron chi connectivity index (χ0n) is 9.74. The molecule has 1 aliphatic carbocycles. The third-order valence-electron chi connectivity index (χ3n) is 2.76. The third-order valence-corrected chi connectivity index (χ3v) is 3.66. The summed E-state index contributed by atoms with van der Waals surface area (Å²) in [6, 6.07) is 3.09. The molecular formula is C11H10N4O3S. The summed E-state index contributed by atoms with van der Waals surface area (Å²) in [5.41, 5.74) is -0.0762. The van der Waals surface area contributed by atoms with Crippen molar-refractivity contribution in [2.45, 2.75) is 29.1 Å². The highest BCUT2D eigenvalue weighted by Gasteiger charge is 2.28. The molecule has 0 saturated heterocycles. The number of carbonyl (C=O) groups is 1. The van der Waals surface area contributed by atoms with Gasteiger partial charge in [-0.3, -0.25) is 4.57 Å². The van der Waals surface area contributed by atoms with E-state index < -0.39 is 5.97 Å². The lowest BCUT2D eigenvalue weighted by Gasteiger charge is -2.03. The molecule has 1 fully saturated rings. The van der Waals surface area contributed by atoms with E-state index in [2.05, 4.69) is 15.2 Å². The summed E-state index contributed by atoms with van der Waals surface area (Å²) in [4.78, 5) is 26.6.